The van der Waals surface area contributed by atoms with Crippen molar-refractivity contribution in [2.24, 2.45) is 11.8 Å². The van der Waals surface area contributed by atoms with Gasteiger partial charge in [0.25, 0.3) is 0 Å². The molecule has 1 nitrogen and oxygen atoms in total. The van der Waals surface area contributed by atoms with Gasteiger partial charge in [0.1, 0.15) is 11.6 Å². The van der Waals surface area contributed by atoms with Crippen LogP contribution in [0, 0.1) is 29.3 Å². The minimum atomic E-state index is -0.628. The molecule has 0 radical (unpaired) electrons. The highest BCUT2D eigenvalue weighted by molar-refractivity contribution is 5.52. The lowest BCUT2D eigenvalue weighted by molar-refractivity contribution is 0.297. The van der Waals surface area contributed by atoms with Crippen LogP contribution < -0.4 is 4.74 Å². The van der Waals surface area contributed by atoms with E-state index in [4.69, 9.17) is 4.74 Å². The lowest BCUT2D eigenvalue weighted by Crippen LogP contribution is -2.17. The fraction of sp³-hybridized carbons (Fsp3) is 0.562. The zero-order valence-corrected chi connectivity index (χ0v) is 21.9. The van der Waals surface area contributed by atoms with Crippen molar-refractivity contribution < 1.29 is 17.9 Å². The highest BCUT2D eigenvalue weighted by atomic mass is 19.2. The summed E-state index contributed by atoms with van der Waals surface area (Å²) < 4.78 is 49.7. The van der Waals surface area contributed by atoms with Crippen LogP contribution in [0.15, 0.2) is 36.4 Å². The van der Waals surface area contributed by atoms with E-state index in [1.807, 2.05) is 18.2 Å². The molecule has 0 amide bonds. The van der Waals surface area contributed by atoms with Crippen molar-refractivity contribution >= 4 is 6.08 Å². The van der Waals surface area contributed by atoms with Crippen LogP contribution in [0.4, 0.5) is 13.2 Å². The number of hydrogen-bond acceptors (Lipinski definition) is 1. The first-order chi connectivity index (χ1) is 17.5. The van der Waals surface area contributed by atoms with Crippen LogP contribution in [-0.4, -0.2) is 7.11 Å². The summed E-state index contributed by atoms with van der Waals surface area (Å²) in [4.78, 5) is 0. The molecule has 2 aromatic rings. The van der Waals surface area contributed by atoms with Crippen molar-refractivity contribution in [3.05, 3.63) is 70.5 Å². The van der Waals surface area contributed by atoms with Crippen LogP contribution in [0.1, 0.15) is 112 Å². The summed E-state index contributed by atoms with van der Waals surface area (Å²) in [5.74, 6) is 0.228. The molecule has 2 aliphatic carbocycles. The zero-order chi connectivity index (χ0) is 25.5. The second-order valence-corrected chi connectivity index (χ2v) is 10.9. The lowest BCUT2D eigenvalue weighted by atomic mass is 9.75. The average molecular weight is 499 g/mol. The molecule has 2 fully saturated rings. The lowest BCUT2D eigenvalue weighted by Gasteiger charge is -2.30. The first kappa shape index (κ1) is 26.8. The Morgan fingerprint density at radius 2 is 1.42 bits per heavy atom. The Morgan fingerprint density at radius 1 is 0.806 bits per heavy atom. The molecule has 2 aliphatic rings. The number of hydrogen-bond donors (Lipinski definition) is 0. The van der Waals surface area contributed by atoms with Crippen molar-refractivity contribution in [2.75, 3.05) is 7.11 Å². The number of halogens is 3. The Hall–Kier alpha value is -2.23. The summed E-state index contributed by atoms with van der Waals surface area (Å²) in [5.41, 5.74) is 1.66. The van der Waals surface area contributed by atoms with E-state index in [2.05, 4.69) is 13.0 Å². The Balaban J connectivity index is 1.32. The van der Waals surface area contributed by atoms with E-state index in [0.29, 0.717) is 28.4 Å². The first-order valence-corrected chi connectivity index (χ1v) is 14.0. The van der Waals surface area contributed by atoms with Gasteiger partial charge in [-0.05, 0) is 98.3 Å². The summed E-state index contributed by atoms with van der Waals surface area (Å²) in [5, 5.41) is 0. The molecule has 2 aromatic carbocycles. The summed E-state index contributed by atoms with van der Waals surface area (Å²) in [6.45, 7) is 2.23. The quantitative estimate of drug-likeness (QED) is 0.313. The molecule has 0 unspecified atom stereocenters. The Bertz CT molecular complexity index is 1010. The van der Waals surface area contributed by atoms with E-state index in [-0.39, 0.29) is 17.7 Å². The minimum Gasteiger partial charge on any atom is -0.497 e. The Morgan fingerprint density at radius 3 is 1.97 bits per heavy atom. The highest BCUT2D eigenvalue weighted by Crippen LogP contribution is 2.42. The molecule has 0 spiro atoms. The van der Waals surface area contributed by atoms with Crippen molar-refractivity contribution in [2.45, 2.75) is 95.8 Å². The van der Waals surface area contributed by atoms with Crippen LogP contribution in [0.5, 0.6) is 5.75 Å². The van der Waals surface area contributed by atoms with E-state index in [9.17, 15) is 4.39 Å². The van der Waals surface area contributed by atoms with Crippen molar-refractivity contribution in [3.8, 4) is 5.75 Å². The normalized spacial score (nSPS) is 24.8. The number of unbranched alkanes of at least 4 members (excludes halogenated alkanes) is 2. The fourth-order valence-electron chi connectivity index (χ4n) is 6.29. The Kier molecular flexibility index (Phi) is 9.56. The minimum absolute atomic E-state index is 0.0465. The van der Waals surface area contributed by atoms with E-state index in [1.165, 1.54) is 38.9 Å². The predicted molar refractivity (Wildman–Crippen MR) is 142 cm³/mol. The van der Waals surface area contributed by atoms with Gasteiger partial charge in [-0.3, -0.25) is 0 Å². The van der Waals surface area contributed by atoms with Crippen molar-refractivity contribution in [1.82, 2.24) is 0 Å². The largest absolute Gasteiger partial charge is 0.497 e. The summed E-state index contributed by atoms with van der Waals surface area (Å²) in [6.07, 6.45) is 16.6. The SMILES string of the molecule is CCCCCC1CCC(c2ccc(C3CCC(C=Cc4ccc(OC)cc4F)CC3)c(F)c2F)CC1. The van der Waals surface area contributed by atoms with Gasteiger partial charge in [0, 0.05) is 11.6 Å². The van der Waals surface area contributed by atoms with Crippen LogP contribution in [0.25, 0.3) is 6.08 Å². The molecule has 4 heteroatoms. The molecule has 0 N–H and O–H groups in total. The maximum absolute atomic E-state index is 15.2. The van der Waals surface area contributed by atoms with Gasteiger partial charge in [0.05, 0.1) is 7.11 Å². The van der Waals surface area contributed by atoms with Gasteiger partial charge in [-0.25, -0.2) is 13.2 Å². The third kappa shape index (κ3) is 6.55. The molecule has 36 heavy (non-hydrogen) atoms. The topological polar surface area (TPSA) is 9.23 Å². The van der Waals surface area contributed by atoms with Gasteiger partial charge in [0.2, 0.25) is 0 Å². The molecule has 2 saturated carbocycles. The third-order valence-corrected chi connectivity index (χ3v) is 8.61. The average Bonchev–Trinajstić information content (AvgIpc) is 2.90. The number of allylic oxidation sites excluding steroid dienone is 1. The molecule has 0 bridgehead atoms. The number of methoxy groups -OCH3 is 1. The molecule has 0 atom stereocenters. The molecule has 0 aromatic heterocycles. The zero-order valence-electron chi connectivity index (χ0n) is 21.9. The van der Waals surface area contributed by atoms with Crippen LogP contribution in [0.2, 0.25) is 0 Å². The smallest absolute Gasteiger partial charge is 0.162 e. The molecule has 0 saturated heterocycles. The van der Waals surface area contributed by atoms with Gasteiger partial charge in [-0.1, -0.05) is 56.9 Å². The monoisotopic (exact) mass is 498 g/mol. The van der Waals surface area contributed by atoms with Crippen molar-refractivity contribution in [3.63, 3.8) is 0 Å². The number of rotatable bonds is 9. The maximum Gasteiger partial charge on any atom is 0.162 e. The standard InChI is InChI=1S/C32H41F3O/c1-3-4-5-6-22-7-12-24(13-8-22)28-19-20-29(32(35)31(28)34)25-14-9-23(10-15-25)11-16-26-17-18-27(36-2)21-30(26)33/h11,16-25H,3-10,12-15H2,1-2H3. The maximum atomic E-state index is 15.2. The van der Waals surface area contributed by atoms with E-state index < -0.39 is 11.6 Å². The van der Waals surface area contributed by atoms with Gasteiger partial charge in [-0.15, -0.1) is 0 Å². The molecule has 196 valence electrons. The van der Waals surface area contributed by atoms with Crippen LogP contribution in [-0.2, 0) is 0 Å². The first-order valence-electron chi connectivity index (χ1n) is 14.0. The summed E-state index contributed by atoms with van der Waals surface area (Å²) >= 11 is 0. The fourth-order valence-corrected chi connectivity index (χ4v) is 6.29. The molecule has 4 rings (SSSR count). The van der Waals surface area contributed by atoms with Gasteiger partial charge < -0.3 is 4.74 Å². The predicted octanol–water partition coefficient (Wildman–Crippen LogP) is 9.95. The van der Waals surface area contributed by atoms with Crippen LogP contribution >= 0.6 is 0 Å². The van der Waals surface area contributed by atoms with E-state index in [0.717, 1.165) is 57.3 Å². The highest BCUT2D eigenvalue weighted by Gasteiger charge is 2.29. The molecule has 0 aliphatic heterocycles. The summed E-state index contributed by atoms with van der Waals surface area (Å²) in [7, 11) is 1.52. The third-order valence-electron chi connectivity index (χ3n) is 8.61. The van der Waals surface area contributed by atoms with Crippen molar-refractivity contribution in [1.29, 1.82) is 0 Å². The number of ether oxygens (including phenoxy) is 1. The Labute approximate surface area is 215 Å². The van der Waals surface area contributed by atoms with E-state index in [1.54, 1.807) is 12.1 Å². The number of benzene rings is 2. The second-order valence-electron chi connectivity index (χ2n) is 10.9. The van der Waals surface area contributed by atoms with E-state index >= 15 is 8.78 Å². The molecule has 0 heterocycles. The molecular formula is C32H41F3O. The summed E-state index contributed by atoms with van der Waals surface area (Å²) in [6, 6.07) is 8.58. The van der Waals surface area contributed by atoms with Gasteiger partial charge in [0.15, 0.2) is 11.6 Å². The molecular weight excluding hydrogens is 457 g/mol. The van der Waals surface area contributed by atoms with Gasteiger partial charge >= 0.3 is 0 Å². The van der Waals surface area contributed by atoms with Crippen LogP contribution in [0.3, 0.4) is 0 Å². The second kappa shape index (κ2) is 12.8. The van der Waals surface area contributed by atoms with Gasteiger partial charge in [-0.2, -0.15) is 0 Å².